The highest BCUT2D eigenvalue weighted by Gasteiger charge is 2.22. The minimum Gasteiger partial charge on any atom is -0.389 e. The Kier molecular flexibility index (Phi) is 8.07. The van der Waals surface area contributed by atoms with Gasteiger partial charge in [-0.3, -0.25) is 9.80 Å². The first-order chi connectivity index (χ1) is 14.6. The second-order valence-corrected chi connectivity index (χ2v) is 10.8. The molecule has 1 aliphatic heterocycles. The third-order valence-electron chi connectivity index (χ3n) is 5.40. The number of aliphatic hydroxyl groups excluding tert-OH is 1. The molecule has 0 aliphatic carbocycles. The summed E-state index contributed by atoms with van der Waals surface area (Å²) in [6.45, 7) is 11.3. The van der Waals surface area contributed by atoms with Crippen LogP contribution < -0.4 is 4.72 Å². The van der Waals surface area contributed by atoms with Crippen molar-refractivity contribution in [2.24, 2.45) is 0 Å². The highest BCUT2D eigenvalue weighted by atomic mass is 32.2. The molecular formula is C23H35N3O4S. The molecule has 1 saturated heterocycles. The van der Waals surface area contributed by atoms with Crippen LogP contribution in [0.4, 0.5) is 0 Å². The number of piperazine rings is 1. The Hall–Kier alpha value is -1.55. The fraction of sp³-hybridized carbons (Fsp3) is 0.565. The van der Waals surface area contributed by atoms with Crippen molar-refractivity contribution in [2.75, 3.05) is 52.4 Å². The number of sulfonamides is 1. The quantitative estimate of drug-likeness (QED) is 0.609. The zero-order valence-corrected chi connectivity index (χ0v) is 19.6. The van der Waals surface area contributed by atoms with Crippen LogP contribution in [0, 0.1) is 0 Å². The van der Waals surface area contributed by atoms with E-state index in [1.807, 2.05) is 51.1 Å². The molecule has 2 N–H and O–H groups in total. The molecule has 1 unspecified atom stereocenters. The monoisotopic (exact) mass is 449 g/mol. The van der Waals surface area contributed by atoms with E-state index in [0.717, 1.165) is 37.0 Å². The van der Waals surface area contributed by atoms with Crippen molar-refractivity contribution in [3.05, 3.63) is 42.5 Å². The highest BCUT2D eigenvalue weighted by molar-refractivity contribution is 7.89. The molecule has 0 amide bonds. The molecule has 7 nitrogen and oxygen atoms in total. The van der Waals surface area contributed by atoms with E-state index in [1.54, 1.807) is 12.1 Å². The zero-order valence-electron chi connectivity index (χ0n) is 18.8. The standard InChI is InChI=1S/C23H35N3O4S/c1-23(2,3)30-18-20(27)17-26-15-13-25(14-16-26)12-11-24-31(28,29)22-10-6-8-19-7-4-5-9-21(19)22/h4-10,20,24,27H,11-18H2,1-3H3. The van der Waals surface area contributed by atoms with Gasteiger partial charge in [0.05, 0.1) is 23.2 Å². The normalized spacial score (nSPS) is 17.8. The summed E-state index contributed by atoms with van der Waals surface area (Å²) in [6.07, 6.45) is -0.502. The van der Waals surface area contributed by atoms with Gasteiger partial charge in [-0.1, -0.05) is 36.4 Å². The molecule has 2 aromatic rings. The number of nitrogens with one attached hydrogen (secondary N) is 1. The van der Waals surface area contributed by atoms with Crippen molar-refractivity contribution >= 4 is 20.8 Å². The lowest BCUT2D eigenvalue weighted by atomic mass is 10.1. The van der Waals surface area contributed by atoms with Gasteiger partial charge >= 0.3 is 0 Å². The smallest absolute Gasteiger partial charge is 0.241 e. The van der Waals surface area contributed by atoms with Crippen molar-refractivity contribution in [2.45, 2.75) is 37.4 Å². The Morgan fingerprint density at radius 2 is 1.68 bits per heavy atom. The van der Waals surface area contributed by atoms with E-state index in [0.29, 0.717) is 31.1 Å². The number of β-amino-alcohol motifs (C(OH)–C–C–N with tert-alkyl or cyclic N) is 1. The van der Waals surface area contributed by atoms with E-state index in [4.69, 9.17) is 4.74 Å². The number of hydrogen-bond acceptors (Lipinski definition) is 6. The predicted octanol–water partition coefficient (Wildman–Crippen LogP) is 1.91. The van der Waals surface area contributed by atoms with Crippen LogP contribution in [0.15, 0.2) is 47.4 Å². The van der Waals surface area contributed by atoms with E-state index in [-0.39, 0.29) is 5.60 Å². The largest absolute Gasteiger partial charge is 0.389 e. The Balaban J connectivity index is 1.43. The summed E-state index contributed by atoms with van der Waals surface area (Å²) in [5, 5.41) is 11.8. The van der Waals surface area contributed by atoms with E-state index < -0.39 is 16.1 Å². The van der Waals surface area contributed by atoms with Gasteiger partial charge in [-0.05, 0) is 32.2 Å². The molecule has 0 saturated carbocycles. The first-order valence-electron chi connectivity index (χ1n) is 10.9. The second kappa shape index (κ2) is 10.4. The van der Waals surface area contributed by atoms with Gasteiger partial charge in [0.15, 0.2) is 0 Å². The van der Waals surface area contributed by atoms with Crippen molar-refractivity contribution < 1.29 is 18.3 Å². The average molecular weight is 450 g/mol. The van der Waals surface area contributed by atoms with Crippen molar-refractivity contribution in [1.82, 2.24) is 14.5 Å². The van der Waals surface area contributed by atoms with Gasteiger partial charge in [-0.2, -0.15) is 0 Å². The summed E-state index contributed by atoms with van der Waals surface area (Å²) in [7, 11) is -3.57. The summed E-state index contributed by atoms with van der Waals surface area (Å²) in [5.74, 6) is 0. The first kappa shape index (κ1) is 24.1. The molecule has 0 bridgehead atoms. The van der Waals surface area contributed by atoms with Crippen LogP contribution in [0.2, 0.25) is 0 Å². The minimum absolute atomic E-state index is 0.251. The predicted molar refractivity (Wildman–Crippen MR) is 124 cm³/mol. The summed E-state index contributed by atoms with van der Waals surface area (Å²) in [6, 6.07) is 12.9. The lowest BCUT2D eigenvalue weighted by Crippen LogP contribution is -2.50. The van der Waals surface area contributed by atoms with Crippen LogP contribution in [-0.4, -0.2) is 87.4 Å². The summed E-state index contributed by atoms with van der Waals surface area (Å²) in [4.78, 5) is 4.80. The van der Waals surface area contributed by atoms with Gasteiger partial charge in [0.1, 0.15) is 0 Å². The lowest BCUT2D eigenvalue weighted by Gasteiger charge is -2.35. The Morgan fingerprint density at radius 3 is 2.39 bits per heavy atom. The maximum absolute atomic E-state index is 12.8. The molecule has 0 aromatic heterocycles. The van der Waals surface area contributed by atoms with Crippen LogP contribution in [0.25, 0.3) is 10.8 Å². The van der Waals surface area contributed by atoms with Crippen LogP contribution >= 0.6 is 0 Å². The van der Waals surface area contributed by atoms with Crippen molar-refractivity contribution in [3.63, 3.8) is 0 Å². The Bertz CT molecular complexity index is 945. The molecule has 1 heterocycles. The molecule has 0 radical (unpaired) electrons. The third-order valence-corrected chi connectivity index (χ3v) is 6.92. The zero-order chi connectivity index (χ0) is 22.5. The van der Waals surface area contributed by atoms with E-state index in [9.17, 15) is 13.5 Å². The maximum Gasteiger partial charge on any atom is 0.241 e. The SMILES string of the molecule is CC(C)(C)OCC(O)CN1CCN(CCNS(=O)(=O)c2cccc3ccccc23)CC1. The van der Waals surface area contributed by atoms with Crippen LogP contribution in [0.1, 0.15) is 20.8 Å². The number of nitrogens with zero attached hydrogens (tertiary/aromatic N) is 2. The number of hydrogen-bond donors (Lipinski definition) is 2. The van der Waals surface area contributed by atoms with Gasteiger partial charge in [-0.15, -0.1) is 0 Å². The summed E-state index contributed by atoms with van der Waals surface area (Å²) >= 11 is 0. The van der Waals surface area contributed by atoms with E-state index in [2.05, 4.69) is 14.5 Å². The van der Waals surface area contributed by atoms with E-state index >= 15 is 0 Å². The maximum atomic E-state index is 12.8. The number of aliphatic hydroxyl groups is 1. The molecule has 3 rings (SSSR count). The van der Waals surface area contributed by atoms with Crippen LogP contribution in [0.3, 0.4) is 0 Å². The molecule has 1 fully saturated rings. The molecule has 8 heteroatoms. The van der Waals surface area contributed by atoms with Gasteiger partial charge in [-0.25, -0.2) is 13.1 Å². The van der Waals surface area contributed by atoms with Crippen LogP contribution in [0.5, 0.6) is 0 Å². The van der Waals surface area contributed by atoms with Gasteiger partial charge < -0.3 is 9.84 Å². The molecule has 31 heavy (non-hydrogen) atoms. The topological polar surface area (TPSA) is 82.1 Å². The van der Waals surface area contributed by atoms with Gasteiger partial charge in [0.25, 0.3) is 0 Å². The number of rotatable bonds is 9. The molecule has 2 aromatic carbocycles. The molecule has 1 aliphatic rings. The first-order valence-corrected chi connectivity index (χ1v) is 12.4. The molecule has 1 atom stereocenters. The third kappa shape index (κ3) is 7.24. The molecule has 0 spiro atoms. The molecular weight excluding hydrogens is 414 g/mol. The fourth-order valence-corrected chi connectivity index (χ4v) is 4.99. The lowest BCUT2D eigenvalue weighted by molar-refractivity contribution is -0.0585. The van der Waals surface area contributed by atoms with Crippen LogP contribution in [-0.2, 0) is 14.8 Å². The van der Waals surface area contributed by atoms with Crippen molar-refractivity contribution in [3.8, 4) is 0 Å². The fourth-order valence-electron chi connectivity index (χ4n) is 3.74. The molecule has 172 valence electrons. The number of ether oxygens (including phenoxy) is 1. The van der Waals surface area contributed by atoms with Gasteiger partial charge in [0, 0.05) is 51.2 Å². The van der Waals surface area contributed by atoms with Crippen molar-refractivity contribution in [1.29, 1.82) is 0 Å². The average Bonchev–Trinajstić information content (AvgIpc) is 2.72. The Labute approximate surface area is 186 Å². The summed E-state index contributed by atoms with van der Waals surface area (Å²) in [5.41, 5.74) is -0.251. The number of fused-ring (bicyclic) bond motifs is 1. The highest BCUT2D eigenvalue weighted by Crippen LogP contribution is 2.22. The van der Waals surface area contributed by atoms with E-state index in [1.165, 1.54) is 0 Å². The minimum atomic E-state index is -3.57. The van der Waals surface area contributed by atoms with Gasteiger partial charge in [0.2, 0.25) is 10.0 Å². The Morgan fingerprint density at radius 1 is 1.03 bits per heavy atom. The summed E-state index contributed by atoms with van der Waals surface area (Å²) < 4.78 is 34.0. The number of benzene rings is 2. The second-order valence-electron chi connectivity index (χ2n) is 9.09.